The Kier molecular flexibility index (Phi) is 4.13. The van der Waals surface area contributed by atoms with Crippen LogP contribution in [0.5, 0.6) is 0 Å². The minimum absolute atomic E-state index is 0.105. The SMILES string of the molecule is Cc1ccoc1C(=O)N1CCC(C)(NC(=O)C2CC(=O)NC2(C)C)C1. The van der Waals surface area contributed by atoms with Crippen molar-refractivity contribution in [1.29, 1.82) is 0 Å². The summed E-state index contributed by atoms with van der Waals surface area (Å²) >= 11 is 0. The molecule has 7 nitrogen and oxygen atoms in total. The van der Waals surface area contributed by atoms with Crippen molar-refractivity contribution in [2.45, 2.75) is 51.6 Å². The van der Waals surface area contributed by atoms with Gasteiger partial charge in [0, 0.05) is 30.6 Å². The maximum Gasteiger partial charge on any atom is 0.289 e. The average molecular weight is 347 g/mol. The molecule has 0 aliphatic carbocycles. The lowest BCUT2D eigenvalue weighted by atomic mass is 9.87. The van der Waals surface area contributed by atoms with E-state index in [-0.39, 0.29) is 24.1 Å². The summed E-state index contributed by atoms with van der Waals surface area (Å²) in [5.74, 6) is -0.462. The van der Waals surface area contributed by atoms with E-state index in [0.29, 0.717) is 25.3 Å². The summed E-state index contributed by atoms with van der Waals surface area (Å²) in [7, 11) is 0. The molecule has 0 spiro atoms. The fourth-order valence-electron chi connectivity index (χ4n) is 3.71. The molecule has 0 bridgehead atoms. The number of carbonyl (C=O) groups excluding carboxylic acids is 3. The molecule has 7 heteroatoms. The second kappa shape index (κ2) is 5.89. The summed E-state index contributed by atoms with van der Waals surface area (Å²) in [6.45, 7) is 8.46. The first-order valence-electron chi connectivity index (χ1n) is 8.58. The summed E-state index contributed by atoms with van der Waals surface area (Å²) in [6.07, 6.45) is 2.37. The van der Waals surface area contributed by atoms with E-state index in [4.69, 9.17) is 4.42 Å². The molecule has 3 heterocycles. The number of furan rings is 1. The molecular formula is C18H25N3O4. The van der Waals surface area contributed by atoms with Gasteiger partial charge in [0.25, 0.3) is 5.91 Å². The smallest absolute Gasteiger partial charge is 0.289 e. The largest absolute Gasteiger partial charge is 0.459 e. The van der Waals surface area contributed by atoms with E-state index in [1.807, 2.05) is 27.7 Å². The van der Waals surface area contributed by atoms with Crippen LogP contribution < -0.4 is 10.6 Å². The minimum Gasteiger partial charge on any atom is -0.459 e. The van der Waals surface area contributed by atoms with Gasteiger partial charge in [-0.15, -0.1) is 0 Å². The van der Waals surface area contributed by atoms with Crippen LogP contribution in [-0.2, 0) is 9.59 Å². The van der Waals surface area contributed by atoms with Gasteiger partial charge in [0.05, 0.1) is 17.7 Å². The van der Waals surface area contributed by atoms with Gasteiger partial charge in [0.15, 0.2) is 5.76 Å². The number of rotatable bonds is 3. The van der Waals surface area contributed by atoms with Crippen molar-refractivity contribution in [3.63, 3.8) is 0 Å². The summed E-state index contributed by atoms with van der Waals surface area (Å²) in [5.41, 5.74) is -0.258. The molecule has 2 unspecified atom stereocenters. The first kappa shape index (κ1) is 17.5. The van der Waals surface area contributed by atoms with Gasteiger partial charge in [-0.2, -0.15) is 0 Å². The summed E-state index contributed by atoms with van der Waals surface area (Å²) in [4.78, 5) is 38.6. The molecule has 2 aliphatic rings. The summed E-state index contributed by atoms with van der Waals surface area (Å²) in [5, 5.41) is 5.90. The zero-order valence-electron chi connectivity index (χ0n) is 15.1. The lowest BCUT2D eigenvalue weighted by Crippen LogP contribution is -2.54. The van der Waals surface area contributed by atoms with Crippen molar-refractivity contribution < 1.29 is 18.8 Å². The molecule has 1 aromatic heterocycles. The van der Waals surface area contributed by atoms with Crippen molar-refractivity contribution in [3.05, 3.63) is 23.7 Å². The molecular weight excluding hydrogens is 322 g/mol. The third kappa shape index (κ3) is 3.27. The number of amides is 3. The van der Waals surface area contributed by atoms with Crippen LogP contribution in [0.2, 0.25) is 0 Å². The number of carbonyl (C=O) groups is 3. The summed E-state index contributed by atoms with van der Waals surface area (Å²) < 4.78 is 5.28. The van der Waals surface area contributed by atoms with Crippen LogP contribution in [0.4, 0.5) is 0 Å². The second-order valence-electron chi connectivity index (χ2n) is 7.99. The van der Waals surface area contributed by atoms with E-state index < -0.39 is 17.0 Å². The van der Waals surface area contributed by atoms with Gasteiger partial charge in [-0.3, -0.25) is 14.4 Å². The standard InChI is InChI=1S/C18H25N3O4/c1-11-5-8-25-14(11)16(24)21-7-6-18(4,10-21)20-15(23)12-9-13(22)19-17(12,2)3/h5,8,12H,6-7,9-10H2,1-4H3,(H,19,22)(H,20,23). The van der Waals surface area contributed by atoms with E-state index in [1.54, 1.807) is 11.0 Å². The number of nitrogens with zero attached hydrogens (tertiary/aromatic N) is 1. The molecule has 2 aliphatic heterocycles. The topological polar surface area (TPSA) is 91.7 Å². The third-order valence-electron chi connectivity index (χ3n) is 5.28. The van der Waals surface area contributed by atoms with Gasteiger partial charge < -0.3 is 20.0 Å². The highest BCUT2D eigenvalue weighted by Gasteiger charge is 2.46. The van der Waals surface area contributed by atoms with E-state index in [2.05, 4.69) is 10.6 Å². The zero-order chi connectivity index (χ0) is 18.4. The molecule has 1 aromatic rings. The Morgan fingerprint density at radius 3 is 2.64 bits per heavy atom. The van der Waals surface area contributed by atoms with Gasteiger partial charge in [0.1, 0.15) is 0 Å². The molecule has 0 aromatic carbocycles. The van der Waals surface area contributed by atoms with Crippen molar-refractivity contribution >= 4 is 17.7 Å². The van der Waals surface area contributed by atoms with Crippen LogP contribution in [-0.4, -0.2) is 46.8 Å². The van der Waals surface area contributed by atoms with E-state index in [1.165, 1.54) is 6.26 Å². The number of aryl methyl sites for hydroxylation is 1. The highest BCUT2D eigenvalue weighted by Crippen LogP contribution is 2.29. The number of hydrogen-bond donors (Lipinski definition) is 2. The molecule has 25 heavy (non-hydrogen) atoms. The maximum atomic E-state index is 12.7. The van der Waals surface area contributed by atoms with Crippen molar-refractivity contribution in [2.24, 2.45) is 5.92 Å². The van der Waals surface area contributed by atoms with Crippen LogP contribution in [0.1, 0.15) is 49.7 Å². The predicted molar refractivity (Wildman–Crippen MR) is 90.8 cm³/mol. The Balaban J connectivity index is 1.66. The Hall–Kier alpha value is -2.31. The molecule has 2 atom stereocenters. The highest BCUT2D eigenvalue weighted by molar-refractivity contribution is 5.93. The predicted octanol–water partition coefficient (Wildman–Crippen LogP) is 1.22. The van der Waals surface area contributed by atoms with Gasteiger partial charge in [-0.05, 0) is 40.2 Å². The van der Waals surface area contributed by atoms with Gasteiger partial charge in [-0.1, -0.05) is 0 Å². The Morgan fingerprint density at radius 2 is 2.08 bits per heavy atom. The number of likely N-dealkylation sites (tertiary alicyclic amines) is 1. The number of hydrogen-bond acceptors (Lipinski definition) is 4. The fourth-order valence-corrected chi connectivity index (χ4v) is 3.71. The molecule has 2 N–H and O–H groups in total. The van der Waals surface area contributed by atoms with E-state index in [9.17, 15) is 14.4 Å². The lowest BCUT2D eigenvalue weighted by molar-refractivity contribution is -0.128. The first-order valence-corrected chi connectivity index (χ1v) is 8.58. The van der Waals surface area contributed by atoms with Crippen molar-refractivity contribution in [3.8, 4) is 0 Å². The van der Waals surface area contributed by atoms with Crippen molar-refractivity contribution in [1.82, 2.24) is 15.5 Å². The van der Waals surface area contributed by atoms with Gasteiger partial charge >= 0.3 is 0 Å². The third-order valence-corrected chi connectivity index (χ3v) is 5.28. The zero-order valence-corrected chi connectivity index (χ0v) is 15.1. The van der Waals surface area contributed by atoms with Crippen LogP contribution in [0.25, 0.3) is 0 Å². The normalized spacial score (nSPS) is 28.1. The molecule has 2 fully saturated rings. The second-order valence-corrected chi connectivity index (χ2v) is 7.99. The lowest BCUT2D eigenvalue weighted by Gasteiger charge is -2.31. The molecule has 2 saturated heterocycles. The molecule has 3 rings (SSSR count). The summed E-state index contributed by atoms with van der Waals surface area (Å²) in [6, 6.07) is 1.76. The van der Waals surface area contributed by atoms with Gasteiger partial charge in [0.2, 0.25) is 11.8 Å². The monoisotopic (exact) mass is 347 g/mol. The first-order chi connectivity index (χ1) is 11.6. The Bertz CT molecular complexity index is 724. The van der Waals surface area contributed by atoms with Crippen LogP contribution in [0, 0.1) is 12.8 Å². The van der Waals surface area contributed by atoms with Crippen molar-refractivity contribution in [2.75, 3.05) is 13.1 Å². The average Bonchev–Trinajstić information content (AvgIpc) is 3.16. The highest BCUT2D eigenvalue weighted by atomic mass is 16.3. The molecule has 0 radical (unpaired) electrons. The van der Waals surface area contributed by atoms with Crippen LogP contribution in [0.15, 0.2) is 16.7 Å². The van der Waals surface area contributed by atoms with Crippen LogP contribution >= 0.6 is 0 Å². The number of nitrogens with one attached hydrogen (secondary N) is 2. The van der Waals surface area contributed by atoms with E-state index >= 15 is 0 Å². The Labute approximate surface area is 147 Å². The molecule has 3 amide bonds. The molecule has 0 saturated carbocycles. The molecule has 136 valence electrons. The van der Waals surface area contributed by atoms with E-state index in [0.717, 1.165) is 5.56 Å². The quantitative estimate of drug-likeness (QED) is 0.860. The Morgan fingerprint density at radius 1 is 1.36 bits per heavy atom. The van der Waals surface area contributed by atoms with Gasteiger partial charge in [-0.25, -0.2) is 0 Å². The maximum absolute atomic E-state index is 12.7. The van der Waals surface area contributed by atoms with Crippen LogP contribution in [0.3, 0.4) is 0 Å². The fraction of sp³-hybridized carbons (Fsp3) is 0.611. The minimum atomic E-state index is -0.559.